The Morgan fingerprint density at radius 2 is 2.31 bits per heavy atom. The van der Waals surface area contributed by atoms with E-state index in [-0.39, 0.29) is 16.7 Å². The van der Waals surface area contributed by atoms with Crippen LogP contribution in [0.1, 0.15) is 0 Å². The van der Waals surface area contributed by atoms with Crippen molar-refractivity contribution < 1.29 is 13.5 Å². The molecule has 1 aromatic carbocycles. The van der Waals surface area contributed by atoms with E-state index in [0.29, 0.717) is 5.52 Å². The molecular formula is C8H5ClFNO2. The second kappa shape index (κ2) is 2.88. The number of oxazole rings is 1. The zero-order valence-electron chi connectivity index (χ0n) is 6.67. The molecule has 2 rings (SSSR count). The summed E-state index contributed by atoms with van der Waals surface area (Å²) < 4.78 is 23.0. The van der Waals surface area contributed by atoms with Crippen LogP contribution in [-0.2, 0) is 0 Å². The molecule has 0 saturated heterocycles. The van der Waals surface area contributed by atoms with Crippen molar-refractivity contribution in [3.05, 3.63) is 23.3 Å². The van der Waals surface area contributed by atoms with Crippen LogP contribution in [-0.4, -0.2) is 12.1 Å². The van der Waals surface area contributed by atoms with E-state index >= 15 is 0 Å². The highest BCUT2D eigenvalue weighted by molar-refractivity contribution is 6.28. The summed E-state index contributed by atoms with van der Waals surface area (Å²) in [7, 11) is 1.38. The van der Waals surface area contributed by atoms with Crippen LogP contribution in [0.2, 0.25) is 5.35 Å². The minimum Gasteiger partial charge on any atom is -0.494 e. The number of ether oxygens (including phenoxy) is 1. The largest absolute Gasteiger partial charge is 0.494 e. The summed E-state index contributed by atoms with van der Waals surface area (Å²) in [6.45, 7) is 0. The molecule has 1 heterocycles. The van der Waals surface area contributed by atoms with Gasteiger partial charge in [0.25, 0.3) is 5.35 Å². The molecule has 13 heavy (non-hydrogen) atoms. The molecule has 1 aromatic heterocycles. The Kier molecular flexibility index (Phi) is 1.84. The summed E-state index contributed by atoms with van der Waals surface area (Å²) in [5.41, 5.74) is 0.396. The number of benzene rings is 1. The van der Waals surface area contributed by atoms with Gasteiger partial charge in [-0.15, -0.1) is 0 Å². The molecule has 0 amide bonds. The van der Waals surface area contributed by atoms with Crippen LogP contribution in [0.15, 0.2) is 16.5 Å². The SMILES string of the molecule is COc1ccc2nc(Cl)oc2c1F. The fourth-order valence-corrected chi connectivity index (χ4v) is 1.24. The van der Waals surface area contributed by atoms with Crippen molar-refractivity contribution in [2.24, 2.45) is 0 Å². The molecule has 68 valence electrons. The minimum absolute atomic E-state index is 0.0179. The molecule has 0 radical (unpaired) electrons. The Bertz CT molecular complexity index is 455. The van der Waals surface area contributed by atoms with Crippen LogP contribution in [0.4, 0.5) is 4.39 Å². The van der Waals surface area contributed by atoms with Gasteiger partial charge in [-0.05, 0) is 23.7 Å². The molecule has 0 aliphatic heterocycles. The normalized spacial score (nSPS) is 10.7. The summed E-state index contributed by atoms with van der Waals surface area (Å²) in [4.78, 5) is 3.75. The average molecular weight is 202 g/mol. The maximum atomic E-state index is 13.4. The topological polar surface area (TPSA) is 35.3 Å². The molecular weight excluding hydrogens is 197 g/mol. The highest BCUT2D eigenvalue weighted by atomic mass is 35.5. The molecule has 0 atom stereocenters. The zero-order chi connectivity index (χ0) is 9.42. The van der Waals surface area contributed by atoms with Crippen LogP contribution in [0.25, 0.3) is 11.1 Å². The third-order valence-corrected chi connectivity index (χ3v) is 1.82. The number of halogens is 2. The van der Waals surface area contributed by atoms with Crippen molar-refractivity contribution in [2.45, 2.75) is 0 Å². The van der Waals surface area contributed by atoms with Gasteiger partial charge in [-0.2, -0.15) is 9.37 Å². The molecule has 0 spiro atoms. The molecule has 0 N–H and O–H groups in total. The molecule has 5 heteroatoms. The number of rotatable bonds is 1. The number of methoxy groups -OCH3 is 1. The predicted octanol–water partition coefficient (Wildman–Crippen LogP) is 2.63. The fraction of sp³-hybridized carbons (Fsp3) is 0.125. The van der Waals surface area contributed by atoms with E-state index in [2.05, 4.69) is 4.98 Å². The molecule has 0 aliphatic carbocycles. The van der Waals surface area contributed by atoms with E-state index in [1.54, 1.807) is 6.07 Å². The Hall–Kier alpha value is -1.29. The zero-order valence-corrected chi connectivity index (χ0v) is 7.43. The molecule has 0 saturated carbocycles. The van der Waals surface area contributed by atoms with Gasteiger partial charge >= 0.3 is 0 Å². The highest BCUT2D eigenvalue weighted by Crippen LogP contribution is 2.27. The van der Waals surface area contributed by atoms with Crippen LogP contribution >= 0.6 is 11.6 Å². The first-order valence-corrected chi connectivity index (χ1v) is 3.88. The smallest absolute Gasteiger partial charge is 0.293 e. The van der Waals surface area contributed by atoms with E-state index in [1.165, 1.54) is 13.2 Å². The van der Waals surface area contributed by atoms with Crippen LogP contribution in [0, 0.1) is 5.82 Å². The average Bonchev–Trinajstić information content (AvgIpc) is 2.47. The van der Waals surface area contributed by atoms with Crippen molar-refractivity contribution in [2.75, 3.05) is 7.11 Å². The maximum Gasteiger partial charge on any atom is 0.293 e. The Labute approximate surface area is 78.1 Å². The minimum atomic E-state index is -0.584. The monoisotopic (exact) mass is 201 g/mol. The van der Waals surface area contributed by atoms with Crippen molar-refractivity contribution in [3.8, 4) is 5.75 Å². The van der Waals surface area contributed by atoms with Gasteiger partial charge < -0.3 is 9.15 Å². The first-order valence-electron chi connectivity index (χ1n) is 3.51. The lowest BCUT2D eigenvalue weighted by molar-refractivity contribution is 0.385. The van der Waals surface area contributed by atoms with E-state index in [9.17, 15) is 4.39 Å². The van der Waals surface area contributed by atoms with Crippen molar-refractivity contribution in [1.82, 2.24) is 4.98 Å². The quantitative estimate of drug-likeness (QED) is 0.712. The third kappa shape index (κ3) is 1.23. The Balaban J connectivity index is 2.78. The lowest BCUT2D eigenvalue weighted by atomic mass is 10.3. The summed E-state index contributed by atoms with van der Waals surface area (Å²) >= 11 is 5.47. The van der Waals surface area contributed by atoms with Gasteiger partial charge in [0.1, 0.15) is 5.52 Å². The van der Waals surface area contributed by atoms with Gasteiger partial charge in [0, 0.05) is 0 Å². The van der Waals surface area contributed by atoms with Gasteiger partial charge in [-0.1, -0.05) is 0 Å². The number of fused-ring (bicyclic) bond motifs is 1. The van der Waals surface area contributed by atoms with Crippen molar-refractivity contribution >= 4 is 22.7 Å². The van der Waals surface area contributed by atoms with Gasteiger partial charge in [0.2, 0.25) is 5.82 Å². The summed E-state index contributed by atoms with van der Waals surface area (Å²) in [5, 5.41) is -0.0813. The summed E-state index contributed by atoms with van der Waals surface area (Å²) in [6, 6.07) is 3.04. The first-order chi connectivity index (χ1) is 6.22. The lowest BCUT2D eigenvalue weighted by Crippen LogP contribution is -1.87. The standard InChI is InChI=1S/C8H5ClFNO2/c1-12-5-3-2-4-7(6(5)10)13-8(9)11-4/h2-3H,1H3. The summed E-state index contributed by atoms with van der Waals surface area (Å²) in [5.74, 6) is -0.472. The molecule has 0 unspecified atom stereocenters. The maximum absolute atomic E-state index is 13.4. The lowest BCUT2D eigenvalue weighted by Gasteiger charge is -1.99. The number of hydrogen-bond donors (Lipinski definition) is 0. The van der Waals surface area contributed by atoms with Crippen molar-refractivity contribution in [1.29, 1.82) is 0 Å². The second-order valence-corrected chi connectivity index (χ2v) is 2.72. The van der Waals surface area contributed by atoms with Gasteiger partial charge in [-0.25, -0.2) is 0 Å². The first kappa shape index (κ1) is 8.31. The van der Waals surface area contributed by atoms with Gasteiger partial charge in [0.05, 0.1) is 7.11 Å². The molecule has 0 fully saturated rings. The van der Waals surface area contributed by atoms with Gasteiger partial charge in [0.15, 0.2) is 11.3 Å². The van der Waals surface area contributed by atoms with E-state index < -0.39 is 5.82 Å². The third-order valence-electron chi connectivity index (χ3n) is 1.66. The van der Waals surface area contributed by atoms with E-state index in [4.69, 9.17) is 20.8 Å². The van der Waals surface area contributed by atoms with Crippen LogP contribution < -0.4 is 4.74 Å². The number of nitrogens with zero attached hydrogens (tertiary/aromatic N) is 1. The van der Waals surface area contributed by atoms with Crippen LogP contribution in [0.3, 0.4) is 0 Å². The summed E-state index contributed by atoms with van der Waals surface area (Å²) in [6.07, 6.45) is 0. The predicted molar refractivity (Wildman–Crippen MR) is 45.5 cm³/mol. The number of hydrogen-bond acceptors (Lipinski definition) is 3. The highest BCUT2D eigenvalue weighted by Gasteiger charge is 2.13. The molecule has 0 bridgehead atoms. The molecule has 0 aliphatic rings. The second-order valence-electron chi connectivity index (χ2n) is 2.40. The molecule has 3 nitrogen and oxygen atoms in total. The van der Waals surface area contributed by atoms with Crippen LogP contribution in [0.5, 0.6) is 5.75 Å². The Morgan fingerprint density at radius 1 is 1.54 bits per heavy atom. The number of aromatic nitrogens is 1. The van der Waals surface area contributed by atoms with Crippen molar-refractivity contribution in [3.63, 3.8) is 0 Å². The Morgan fingerprint density at radius 3 is 3.00 bits per heavy atom. The van der Waals surface area contributed by atoms with E-state index in [1.807, 2.05) is 0 Å². The van der Waals surface area contributed by atoms with E-state index in [0.717, 1.165) is 0 Å². The fourth-order valence-electron chi connectivity index (χ4n) is 1.07. The van der Waals surface area contributed by atoms with Gasteiger partial charge in [-0.3, -0.25) is 0 Å². The molecule has 2 aromatic rings.